The lowest BCUT2D eigenvalue weighted by Crippen LogP contribution is -2.45. The number of rotatable bonds is 2. The Balaban J connectivity index is 1.85. The van der Waals surface area contributed by atoms with Crippen molar-refractivity contribution >= 4 is 46.0 Å². The molecule has 0 unspecified atom stereocenters. The highest BCUT2D eigenvalue weighted by atomic mass is 32.1. The van der Waals surface area contributed by atoms with Crippen LogP contribution in [-0.2, 0) is 0 Å². The molecule has 0 spiro atoms. The van der Waals surface area contributed by atoms with Crippen LogP contribution in [0.15, 0.2) is 42.5 Å². The van der Waals surface area contributed by atoms with Crippen LogP contribution < -0.4 is 21.5 Å². The number of para-hydroxylation sites is 1. The van der Waals surface area contributed by atoms with Crippen molar-refractivity contribution in [3.05, 3.63) is 59.4 Å². The molecule has 0 heterocycles. The molecular weight excluding hydrogens is 331 g/mol. The van der Waals surface area contributed by atoms with Crippen molar-refractivity contribution in [3.8, 4) is 0 Å². The van der Waals surface area contributed by atoms with E-state index in [1.807, 2.05) is 32.0 Å². The number of benzene rings is 2. The van der Waals surface area contributed by atoms with Crippen molar-refractivity contribution < 1.29 is 4.39 Å². The van der Waals surface area contributed by atoms with Crippen molar-refractivity contribution in [2.45, 2.75) is 13.8 Å². The highest BCUT2D eigenvalue weighted by Crippen LogP contribution is 2.16. The van der Waals surface area contributed by atoms with E-state index in [0.29, 0.717) is 10.8 Å². The van der Waals surface area contributed by atoms with Gasteiger partial charge in [0.1, 0.15) is 5.82 Å². The Morgan fingerprint density at radius 2 is 1.48 bits per heavy atom. The predicted molar refractivity (Wildman–Crippen MR) is 101 cm³/mol. The molecule has 23 heavy (non-hydrogen) atoms. The van der Waals surface area contributed by atoms with E-state index < -0.39 is 0 Å². The average Bonchev–Trinajstić information content (AvgIpc) is 2.51. The first kappa shape index (κ1) is 17.1. The molecule has 0 atom stereocenters. The van der Waals surface area contributed by atoms with E-state index in [0.717, 1.165) is 16.8 Å². The SMILES string of the molecule is Cc1ccc(C)c(NC(=S)NNC(=S)Nc2ccccc2F)c1. The molecule has 0 aliphatic heterocycles. The molecule has 120 valence electrons. The molecule has 0 aliphatic carbocycles. The van der Waals surface area contributed by atoms with Gasteiger partial charge < -0.3 is 10.6 Å². The lowest BCUT2D eigenvalue weighted by molar-refractivity contribution is 0.632. The summed E-state index contributed by atoms with van der Waals surface area (Å²) in [6.45, 7) is 4.00. The summed E-state index contributed by atoms with van der Waals surface area (Å²) in [4.78, 5) is 0. The van der Waals surface area contributed by atoms with Gasteiger partial charge in [0, 0.05) is 5.69 Å². The predicted octanol–water partition coefficient (Wildman–Crippen LogP) is 3.63. The molecule has 4 N–H and O–H groups in total. The second-order valence-electron chi connectivity index (χ2n) is 4.96. The summed E-state index contributed by atoms with van der Waals surface area (Å²) >= 11 is 10.3. The number of hydrazine groups is 1. The van der Waals surface area contributed by atoms with E-state index in [4.69, 9.17) is 24.4 Å². The highest BCUT2D eigenvalue weighted by Gasteiger charge is 2.04. The Morgan fingerprint density at radius 1 is 0.870 bits per heavy atom. The molecule has 0 aliphatic rings. The third-order valence-electron chi connectivity index (χ3n) is 3.05. The largest absolute Gasteiger partial charge is 0.331 e. The lowest BCUT2D eigenvalue weighted by Gasteiger charge is -2.15. The second-order valence-corrected chi connectivity index (χ2v) is 5.77. The summed E-state index contributed by atoms with van der Waals surface area (Å²) in [6, 6.07) is 12.3. The molecule has 0 aromatic heterocycles. The maximum atomic E-state index is 13.5. The zero-order valence-corrected chi connectivity index (χ0v) is 14.4. The molecule has 0 fully saturated rings. The number of hydrogen-bond acceptors (Lipinski definition) is 2. The van der Waals surface area contributed by atoms with Gasteiger partial charge in [0.25, 0.3) is 0 Å². The maximum Gasteiger partial charge on any atom is 0.189 e. The summed E-state index contributed by atoms with van der Waals surface area (Å²) in [5.41, 5.74) is 8.89. The molecule has 0 saturated heterocycles. The van der Waals surface area contributed by atoms with Gasteiger partial charge in [-0.3, -0.25) is 10.9 Å². The first-order valence-electron chi connectivity index (χ1n) is 6.91. The maximum absolute atomic E-state index is 13.5. The number of nitrogens with one attached hydrogen (secondary N) is 4. The Bertz CT molecular complexity index is 734. The molecule has 7 heteroatoms. The summed E-state index contributed by atoms with van der Waals surface area (Å²) < 4.78 is 13.5. The minimum atomic E-state index is -0.382. The Hall–Kier alpha value is -2.25. The van der Waals surface area contributed by atoms with Gasteiger partial charge in [-0.2, -0.15) is 0 Å². The van der Waals surface area contributed by atoms with Crippen LogP contribution in [0.4, 0.5) is 15.8 Å². The molecular formula is C16H17FN4S2. The first-order valence-corrected chi connectivity index (χ1v) is 7.73. The van der Waals surface area contributed by atoms with Gasteiger partial charge in [-0.15, -0.1) is 0 Å². The van der Waals surface area contributed by atoms with E-state index >= 15 is 0 Å². The van der Waals surface area contributed by atoms with E-state index in [1.54, 1.807) is 18.2 Å². The zero-order valence-electron chi connectivity index (χ0n) is 12.7. The number of thiocarbonyl (C=S) groups is 2. The van der Waals surface area contributed by atoms with E-state index in [1.165, 1.54) is 6.07 Å². The van der Waals surface area contributed by atoms with Gasteiger partial charge in [-0.05, 0) is 67.6 Å². The van der Waals surface area contributed by atoms with Gasteiger partial charge in [0.15, 0.2) is 10.2 Å². The van der Waals surface area contributed by atoms with Crippen LogP contribution in [0, 0.1) is 19.7 Å². The Kier molecular flexibility index (Phi) is 5.84. The number of hydrogen-bond donors (Lipinski definition) is 4. The van der Waals surface area contributed by atoms with Gasteiger partial charge in [-0.1, -0.05) is 24.3 Å². The highest BCUT2D eigenvalue weighted by molar-refractivity contribution is 7.81. The molecule has 2 rings (SSSR count). The normalized spacial score (nSPS) is 9.87. The minimum Gasteiger partial charge on any atom is -0.331 e. The van der Waals surface area contributed by atoms with Crippen LogP contribution in [0.25, 0.3) is 0 Å². The summed E-state index contributed by atoms with van der Waals surface area (Å²) in [5, 5.41) is 6.39. The molecule has 0 saturated carbocycles. The average molecular weight is 348 g/mol. The smallest absolute Gasteiger partial charge is 0.189 e. The molecule has 4 nitrogen and oxygen atoms in total. The zero-order chi connectivity index (χ0) is 16.8. The number of halogens is 1. The molecule has 2 aromatic rings. The lowest BCUT2D eigenvalue weighted by atomic mass is 10.1. The summed E-state index contributed by atoms with van der Waals surface area (Å²) in [5.74, 6) is -0.382. The molecule has 2 aromatic carbocycles. The van der Waals surface area contributed by atoms with Crippen LogP contribution >= 0.6 is 24.4 Å². The van der Waals surface area contributed by atoms with Crippen molar-refractivity contribution in [1.82, 2.24) is 10.9 Å². The molecule has 0 radical (unpaired) electrons. The topological polar surface area (TPSA) is 48.1 Å². The second kappa shape index (κ2) is 7.85. The number of aryl methyl sites for hydroxylation is 2. The van der Waals surface area contributed by atoms with Crippen LogP contribution in [-0.4, -0.2) is 10.2 Å². The monoisotopic (exact) mass is 348 g/mol. The summed E-state index contributed by atoms with van der Waals surface area (Å²) in [7, 11) is 0. The van der Waals surface area contributed by atoms with E-state index in [2.05, 4.69) is 21.5 Å². The quantitative estimate of drug-likeness (QED) is 0.491. The van der Waals surface area contributed by atoms with Crippen LogP contribution in [0.5, 0.6) is 0 Å². The fourth-order valence-corrected chi connectivity index (χ4v) is 2.18. The van der Waals surface area contributed by atoms with E-state index in [-0.39, 0.29) is 10.9 Å². The van der Waals surface area contributed by atoms with E-state index in [9.17, 15) is 4.39 Å². The van der Waals surface area contributed by atoms with Crippen LogP contribution in [0.3, 0.4) is 0 Å². The minimum absolute atomic E-state index is 0.209. The molecule has 0 amide bonds. The first-order chi connectivity index (χ1) is 11.0. The Morgan fingerprint density at radius 3 is 2.13 bits per heavy atom. The Labute approximate surface area is 145 Å². The van der Waals surface area contributed by atoms with Crippen molar-refractivity contribution in [1.29, 1.82) is 0 Å². The van der Waals surface area contributed by atoms with Gasteiger partial charge in [0.05, 0.1) is 5.69 Å². The van der Waals surface area contributed by atoms with Crippen molar-refractivity contribution in [2.24, 2.45) is 0 Å². The van der Waals surface area contributed by atoms with Crippen LogP contribution in [0.2, 0.25) is 0 Å². The number of anilines is 2. The fourth-order valence-electron chi connectivity index (χ4n) is 1.85. The standard InChI is InChI=1S/C16H17FN4S2/c1-10-7-8-11(2)14(9-10)19-16(23)21-20-15(22)18-13-6-4-3-5-12(13)17/h3-9H,1-2H3,(H2,18,20,22)(H2,19,21,23). The molecule has 0 bridgehead atoms. The van der Waals surface area contributed by atoms with Gasteiger partial charge in [-0.25, -0.2) is 4.39 Å². The third-order valence-corrected chi connectivity index (χ3v) is 3.46. The summed E-state index contributed by atoms with van der Waals surface area (Å²) in [6.07, 6.45) is 0. The van der Waals surface area contributed by atoms with Crippen LogP contribution in [0.1, 0.15) is 11.1 Å². The van der Waals surface area contributed by atoms with Gasteiger partial charge in [0.2, 0.25) is 0 Å². The fraction of sp³-hybridized carbons (Fsp3) is 0.125. The van der Waals surface area contributed by atoms with Crippen molar-refractivity contribution in [2.75, 3.05) is 10.6 Å². The van der Waals surface area contributed by atoms with Gasteiger partial charge >= 0.3 is 0 Å². The van der Waals surface area contributed by atoms with Crippen molar-refractivity contribution in [3.63, 3.8) is 0 Å². The third kappa shape index (κ3) is 5.15.